The summed E-state index contributed by atoms with van der Waals surface area (Å²) in [6, 6.07) is 6.13. The van der Waals surface area contributed by atoms with Gasteiger partial charge in [-0.05, 0) is 68.0 Å². The van der Waals surface area contributed by atoms with Crippen molar-refractivity contribution >= 4 is 23.3 Å². The lowest BCUT2D eigenvalue weighted by Gasteiger charge is -2.63. The van der Waals surface area contributed by atoms with Gasteiger partial charge in [0.15, 0.2) is 17.1 Å². The first-order chi connectivity index (χ1) is 19.2. The maximum Gasteiger partial charge on any atom is 0.339 e. The Morgan fingerprint density at radius 2 is 1.93 bits per heavy atom. The molecule has 3 fully saturated rings. The topological polar surface area (TPSA) is 130 Å². The van der Waals surface area contributed by atoms with E-state index in [4.69, 9.17) is 10.5 Å². The molecule has 222 valence electrons. The maximum absolute atomic E-state index is 17.6. The molecular formula is C31H38F2N2O6. The Balaban J connectivity index is 1.65. The van der Waals surface area contributed by atoms with Gasteiger partial charge in [-0.1, -0.05) is 26.0 Å². The Bertz CT molecular complexity index is 1350. The van der Waals surface area contributed by atoms with Crippen molar-refractivity contribution in [1.29, 1.82) is 0 Å². The largest absolute Gasteiger partial charge is 0.444 e. The van der Waals surface area contributed by atoms with Crippen molar-refractivity contribution < 1.29 is 38.1 Å². The predicted octanol–water partition coefficient (Wildman–Crippen LogP) is 3.18. The number of aliphatic hydroxyl groups is 2. The van der Waals surface area contributed by atoms with E-state index in [1.807, 2.05) is 0 Å². The van der Waals surface area contributed by atoms with Gasteiger partial charge in [-0.3, -0.25) is 9.59 Å². The zero-order chi connectivity index (χ0) is 30.1. The summed E-state index contributed by atoms with van der Waals surface area (Å²) in [7, 11) is 1.48. The van der Waals surface area contributed by atoms with Gasteiger partial charge in [-0.2, -0.15) is 0 Å². The van der Waals surface area contributed by atoms with Crippen LogP contribution in [0.15, 0.2) is 48.1 Å². The predicted molar refractivity (Wildman–Crippen MR) is 147 cm³/mol. The number of amides is 1. The van der Waals surface area contributed by atoms with E-state index >= 15 is 8.78 Å². The van der Waals surface area contributed by atoms with Crippen molar-refractivity contribution in [3.63, 3.8) is 0 Å². The summed E-state index contributed by atoms with van der Waals surface area (Å²) >= 11 is 0. The number of halogens is 2. The highest BCUT2D eigenvalue weighted by Crippen LogP contribution is 2.71. The van der Waals surface area contributed by atoms with Crippen molar-refractivity contribution in [2.45, 2.75) is 63.6 Å². The minimum absolute atomic E-state index is 0.00978. The minimum Gasteiger partial charge on any atom is -0.444 e. The number of nitrogens with two attached hydrogens (primary N) is 1. The molecule has 0 saturated heterocycles. The fourth-order valence-electron chi connectivity index (χ4n) is 8.65. The number of ether oxygens (including phenoxy) is 1. The summed E-state index contributed by atoms with van der Waals surface area (Å²) in [5.41, 5.74) is -0.722. The van der Waals surface area contributed by atoms with Crippen LogP contribution in [0.3, 0.4) is 0 Å². The number of fused-ring (bicyclic) bond motifs is 5. The van der Waals surface area contributed by atoms with Gasteiger partial charge in [0.2, 0.25) is 0 Å². The highest BCUT2D eigenvalue weighted by Gasteiger charge is 2.78. The molecule has 0 bridgehead atoms. The van der Waals surface area contributed by atoms with E-state index in [1.165, 1.54) is 43.2 Å². The summed E-state index contributed by atoms with van der Waals surface area (Å²) in [4.78, 5) is 41.3. The Labute approximate surface area is 238 Å². The van der Waals surface area contributed by atoms with Crippen LogP contribution in [-0.4, -0.2) is 76.5 Å². The Morgan fingerprint density at radius 3 is 2.59 bits per heavy atom. The maximum atomic E-state index is 17.6. The molecule has 4 aliphatic carbocycles. The van der Waals surface area contributed by atoms with Crippen LogP contribution in [0.5, 0.6) is 0 Å². The van der Waals surface area contributed by atoms with Crippen LogP contribution in [0.4, 0.5) is 14.5 Å². The number of nitrogens with zero attached hydrogens (tertiary/aromatic N) is 1. The number of nitrogen functional groups attached to an aromatic ring is 1. The van der Waals surface area contributed by atoms with Crippen LogP contribution in [0.25, 0.3) is 0 Å². The first-order valence-corrected chi connectivity index (χ1v) is 14.1. The molecule has 8 nitrogen and oxygen atoms in total. The Hall–Kier alpha value is -3.11. The first-order valence-electron chi connectivity index (χ1n) is 14.1. The number of benzene rings is 1. The molecule has 41 heavy (non-hydrogen) atoms. The normalized spacial score (nSPS) is 41.1. The molecule has 0 spiro atoms. The third-order valence-corrected chi connectivity index (χ3v) is 10.6. The van der Waals surface area contributed by atoms with Gasteiger partial charge in [0.1, 0.15) is 6.17 Å². The van der Waals surface area contributed by atoms with Crippen molar-refractivity contribution in [2.75, 3.05) is 25.9 Å². The lowest BCUT2D eigenvalue weighted by atomic mass is 9.44. The summed E-state index contributed by atoms with van der Waals surface area (Å²) in [6.45, 7) is 4.59. The average molecular weight is 573 g/mol. The minimum atomic E-state index is -2.34. The van der Waals surface area contributed by atoms with Crippen LogP contribution in [0.1, 0.15) is 50.4 Å². The van der Waals surface area contributed by atoms with Gasteiger partial charge in [0.25, 0.3) is 5.91 Å². The van der Waals surface area contributed by atoms with E-state index in [-0.39, 0.29) is 43.6 Å². The number of hydrogen-bond acceptors (Lipinski definition) is 7. The van der Waals surface area contributed by atoms with E-state index in [0.717, 1.165) is 6.08 Å². The van der Waals surface area contributed by atoms with Gasteiger partial charge < -0.3 is 25.6 Å². The molecule has 1 aromatic carbocycles. The Kier molecular flexibility index (Phi) is 6.97. The quantitative estimate of drug-likeness (QED) is 0.365. The van der Waals surface area contributed by atoms with Gasteiger partial charge >= 0.3 is 5.97 Å². The van der Waals surface area contributed by atoms with E-state index in [2.05, 4.69) is 0 Å². The smallest absolute Gasteiger partial charge is 0.339 e. The number of carbonyl (C=O) groups excluding carboxylic acids is 3. The fraction of sp³-hybridized carbons (Fsp3) is 0.581. The molecule has 0 aliphatic heterocycles. The van der Waals surface area contributed by atoms with Crippen LogP contribution in [-0.2, 0) is 14.3 Å². The highest BCUT2D eigenvalue weighted by molar-refractivity contribution is 6.01. The summed E-state index contributed by atoms with van der Waals surface area (Å²) < 4.78 is 39.7. The zero-order valence-electron chi connectivity index (χ0n) is 23.8. The van der Waals surface area contributed by atoms with Crippen LogP contribution < -0.4 is 5.73 Å². The summed E-state index contributed by atoms with van der Waals surface area (Å²) in [5, 5.41) is 21.3. The van der Waals surface area contributed by atoms with Gasteiger partial charge in [0, 0.05) is 41.9 Å². The molecule has 4 aliphatic rings. The summed E-state index contributed by atoms with van der Waals surface area (Å²) in [6.07, 6.45) is 0.0916. The molecule has 1 aromatic rings. The molecule has 0 unspecified atom stereocenters. The second-order valence-corrected chi connectivity index (χ2v) is 12.7. The van der Waals surface area contributed by atoms with Crippen molar-refractivity contribution in [2.24, 2.45) is 28.6 Å². The Morgan fingerprint density at radius 1 is 1.22 bits per heavy atom. The van der Waals surface area contributed by atoms with Gasteiger partial charge in [0.05, 0.1) is 18.3 Å². The van der Waals surface area contributed by atoms with E-state index in [9.17, 15) is 24.6 Å². The number of ketones is 1. The van der Waals surface area contributed by atoms with E-state index in [1.54, 1.807) is 26.0 Å². The molecule has 0 heterocycles. The lowest BCUT2D eigenvalue weighted by molar-refractivity contribution is -0.226. The molecular weight excluding hydrogens is 534 g/mol. The van der Waals surface area contributed by atoms with E-state index < -0.39 is 69.8 Å². The standard InChI is InChI=1S/C31H38F2N2O6/c1-17-12-21-22-15-24(32)23-14-20(37)8-9-28(23,2)30(22,33)25(38)16-29(21,3)31(17,27(40)35(4)10-11-36)41-26(39)18-6-5-7-19(34)13-18/h5-9,13-14,17,21-22,24-25,36,38H,10-12,15-16,34H2,1-4H3/t17-,21+,22+,24+,25+,28+,29+,30+,31+/m1/s1. The number of anilines is 1. The molecule has 9 atom stereocenters. The van der Waals surface area contributed by atoms with Crippen LogP contribution >= 0.6 is 0 Å². The van der Waals surface area contributed by atoms with Gasteiger partial charge in [-0.15, -0.1) is 0 Å². The number of likely N-dealkylation sites (N-methyl/N-ethyl adjacent to an activating group) is 1. The van der Waals surface area contributed by atoms with Crippen molar-refractivity contribution in [3.05, 3.63) is 53.6 Å². The fourth-order valence-corrected chi connectivity index (χ4v) is 8.65. The third kappa shape index (κ3) is 3.86. The number of carbonyl (C=O) groups is 3. The zero-order valence-corrected chi connectivity index (χ0v) is 23.8. The highest BCUT2D eigenvalue weighted by atomic mass is 19.1. The molecule has 0 aromatic heterocycles. The summed E-state index contributed by atoms with van der Waals surface area (Å²) in [5.74, 6) is -4.16. The average Bonchev–Trinajstić information content (AvgIpc) is 3.13. The first kappa shape index (κ1) is 29.4. The number of allylic oxidation sites excluding steroid dienone is 4. The molecule has 10 heteroatoms. The van der Waals surface area contributed by atoms with E-state index in [0.29, 0.717) is 5.69 Å². The lowest BCUT2D eigenvalue weighted by Crippen LogP contribution is -2.71. The molecule has 1 amide bonds. The molecule has 3 saturated carbocycles. The number of hydrogen-bond donors (Lipinski definition) is 3. The van der Waals surface area contributed by atoms with Gasteiger partial charge in [-0.25, -0.2) is 13.6 Å². The molecule has 0 radical (unpaired) electrons. The second kappa shape index (κ2) is 9.73. The molecule has 5 rings (SSSR count). The SMILES string of the molecule is C[C@@H]1C[C@H]2[C@@H]3C[C@H](F)C4=CC(=O)C=C[C@]4(C)[C@@]3(F)[C@@H](O)C[C@]2(C)[C@@]1(OC(=O)c1cccc(N)c1)C(=O)N(C)CCO. The van der Waals surface area contributed by atoms with Crippen LogP contribution in [0.2, 0.25) is 0 Å². The number of esters is 1. The third-order valence-electron chi connectivity index (χ3n) is 10.6. The number of rotatable bonds is 5. The monoisotopic (exact) mass is 572 g/mol. The van der Waals surface area contributed by atoms with Crippen molar-refractivity contribution in [1.82, 2.24) is 4.90 Å². The molecule has 4 N–H and O–H groups in total. The van der Waals surface area contributed by atoms with Crippen molar-refractivity contribution in [3.8, 4) is 0 Å². The number of alkyl halides is 2. The van der Waals surface area contributed by atoms with Crippen LogP contribution in [0, 0.1) is 28.6 Å². The second-order valence-electron chi connectivity index (χ2n) is 12.7. The number of aliphatic hydroxyl groups excluding tert-OH is 2.